The Kier molecular flexibility index (Phi) is 8.87. The molecule has 0 aromatic heterocycles. The predicted molar refractivity (Wildman–Crippen MR) is 92.6 cm³/mol. The quantitative estimate of drug-likeness (QED) is 0.170. The summed E-state index contributed by atoms with van der Waals surface area (Å²) in [5, 5.41) is 78.2. The number of carboxylic acids is 1. The fourth-order valence-electron chi connectivity index (χ4n) is 3.16. The molecular formula is C16H29NO13. The normalized spacial score (nSPS) is 44.4. The summed E-state index contributed by atoms with van der Waals surface area (Å²) < 4.78 is 21.2. The second-order valence-corrected chi connectivity index (χ2v) is 7.21. The van der Waals surface area contributed by atoms with Crippen molar-refractivity contribution in [2.75, 3.05) is 13.2 Å². The van der Waals surface area contributed by atoms with Gasteiger partial charge >= 0.3 is 5.97 Å². The molecule has 14 nitrogen and oxygen atoms in total. The fourth-order valence-corrected chi connectivity index (χ4v) is 3.16. The first-order valence-corrected chi connectivity index (χ1v) is 9.25. The molecule has 0 aliphatic carbocycles. The van der Waals surface area contributed by atoms with Gasteiger partial charge in [-0.2, -0.15) is 0 Å². The molecule has 0 radical (unpaired) electrons. The monoisotopic (exact) mass is 443 g/mol. The minimum atomic E-state index is -1.78. The number of aliphatic hydroxyl groups excluding tert-OH is 7. The zero-order valence-corrected chi connectivity index (χ0v) is 16.0. The van der Waals surface area contributed by atoms with Crippen LogP contribution in [0.25, 0.3) is 0 Å². The van der Waals surface area contributed by atoms with E-state index in [0.717, 1.165) is 0 Å². The van der Waals surface area contributed by atoms with E-state index in [0.29, 0.717) is 0 Å². The van der Waals surface area contributed by atoms with Crippen molar-refractivity contribution in [1.29, 1.82) is 0 Å². The lowest BCUT2D eigenvalue weighted by Gasteiger charge is -2.46. The van der Waals surface area contributed by atoms with Crippen molar-refractivity contribution < 1.29 is 64.6 Å². The molecule has 176 valence electrons. The molecule has 5 unspecified atom stereocenters. The molecule has 2 heterocycles. The minimum Gasteiger partial charge on any atom is -0.480 e. The second kappa shape index (κ2) is 10.5. The average molecular weight is 443 g/mol. The molecule has 0 amide bonds. The van der Waals surface area contributed by atoms with E-state index in [1.165, 1.54) is 6.92 Å². The maximum atomic E-state index is 10.9. The number of aliphatic hydroxyl groups is 7. The van der Waals surface area contributed by atoms with Crippen LogP contribution in [0.1, 0.15) is 6.92 Å². The summed E-state index contributed by atoms with van der Waals surface area (Å²) in [6.45, 7) is -0.144. The molecular weight excluding hydrogens is 414 g/mol. The first-order valence-electron chi connectivity index (χ1n) is 9.25. The van der Waals surface area contributed by atoms with E-state index in [1.807, 2.05) is 0 Å². The lowest BCUT2D eigenvalue weighted by Crippen LogP contribution is -2.65. The van der Waals surface area contributed by atoms with Gasteiger partial charge in [-0.15, -0.1) is 0 Å². The van der Waals surface area contributed by atoms with Crippen molar-refractivity contribution in [3.05, 3.63) is 0 Å². The van der Waals surface area contributed by atoms with Crippen LogP contribution in [0.4, 0.5) is 0 Å². The van der Waals surface area contributed by atoms with Crippen LogP contribution in [0.15, 0.2) is 0 Å². The molecule has 2 fully saturated rings. The summed E-state index contributed by atoms with van der Waals surface area (Å²) in [6.07, 6.45) is -17.1. The van der Waals surface area contributed by atoms with Crippen LogP contribution >= 0.6 is 0 Å². The van der Waals surface area contributed by atoms with Gasteiger partial charge in [-0.3, -0.25) is 4.79 Å². The molecule has 0 bridgehead atoms. The fraction of sp³-hybridized carbons (Fsp3) is 0.938. The van der Waals surface area contributed by atoms with E-state index in [9.17, 15) is 40.5 Å². The Labute approximate surface area is 171 Å². The van der Waals surface area contributed by atoms with E-state index in [1.54, 1.807) is 0 Å². The lowest BCUT2D eigenvalue weighted by atomic mass is 9.97. The number of rotatable bonds is 8. The summed E-state index contributed by atoms with van der Waals surface area (Å²) in [7, 11) is 0. The molecule has 0 aromatic rings. The highest BCUT2D eigenvalue weighted by Crippen LogP contribution is 2.30. The first kappa shape index (κ1) is 25.3. The van der Waals surface area contributed by atoms with Crippen LogP contribution in [0.2, 0.25) is 0 Å². The molecule has 2 aliphatic heterocycles. The van der Waals surface area contributed by atoms with Crippen molar-refractivity contribution >= 4 is 5.97 Å². The molecule has 2 rings (SSSR count). The van der Waals surface area contributed by atoms with Gasteiger partial charge in [-0.05, 0) is 6.92 Å². The number of carboxylic acid groups (broad SMARTS) is 1. The Morgan fingerprint density at radius 3 is 1.97 bits per heavy atom. The highest BCUT2D eigenvalue weighted by molar-refractivity contribution is 5.73. The second-order valence-electron chi connectivity index (χ2n) is 7.21. The van der Waals surface area contributed by atoms with Crippen molar-refractivity contribution in [3.8, 4) is 0 Å². The van der Waals surface area contributed by atoms with E-state index in [4.69, 9.17) is 29.8 Å². The third-order valence-electron chi connectivity index (χ3n) is 5.10. The first-order chi connectivity index (χ1) is 14.0. The molecule has 0 saturated carbocycles. The standard InChI is InChI=1S/C16H29NO13/c1-4(7(17)14(25)26)27-15-12(24)10(22)13(6(3-19)29-15)30-16-11(23)9(21)8(20)5(2-18)28-16/h4-13,15-16,18-24H,2-3,17H2,1H3,(H,25,26)/t4?,5?,6?,7-,8-,9?,10+,11-,12?,13+,15+,16-/m0/s1. The lowest BCUT2D eigenvalue weighted by molar-refractivity contribution is -0.362. The van der Waals surface area contributed by atoms with Gasteiger partial charge in [0.2, 0.25) is 0 Å². The van der Waals surface area contributed by atoms with Crippen LogP contribution in [0, 0.1) is 0 Å². The van der Waals surface area contributed by atoms with Gasteiger partial charge in [0.1, 0.15) is 54.9 Å². The molecule has 12 atom stereocenters. The third kappa shape index (κ3) is 5.24. The van der Waals surface area contributed by atoms with Gasteiger partial charge in [0.25, 0.3) is 0 Å². The molecule has 0 aromatic carbocycles. The van der Waals surface area contributed by atoms with Crippen LogP contribution in [0.5, 0.6) is 0 Å². The van der Waals surface area contributed by atoms with Crippen molar-refractivity contribution in [2.45, 2.75) is 80.5 Å². The smallest absolute Gasteiger partial charge is 0.323 e. The van der Waals surface area contributed by atoms with E-state index in [-0.39, 0.29) is 0 Å². The average Bonchev–Trinajstić information content (AvgIpc) is 2.72. The summed E-state index contributed by atoms with van der Waals surface area (Å²) in [5.74, 6) is -1.36. The molecule has 2 saturated heterocycles. The summed E-state index contributed by atoms with van der Waals surface area (Å²) in [6, 6.07) is -1.45. The number of hydrogen-bond donors (Lipinski definition) is 9. The number of ether oxygens (including phenoxy) is 4. The van der Waals surface area contributed by atoms with Gasteiger partial charge < -0.3 is 65.5 Å². The van der Waals surface area contributed by atoms with E-state index >= 15 is 0 Å². The van der Waals surface area contributed by atoms with Crippen molar-refractivity contribution in [2.24, 2.45) is 5.73 Å². The topological polar surface area (TPSA) is 242 Å². The maximum Gasteiger partial charge on any atom is 0.323 e. The Hall–Kier alpha value is -1.01. The van der Waals surface area contributed by atoms with Crippen LogP contribution in [0.3, 0.4) is 0 Å². The highest BCUT2D eigenvalue weighted by Gasteiger charge is 2.51. The van der Waals surface area contributed by atoms with E-state index < -0.39 is 92.7 Å². The SMILES string of the molecule is CC(O[C@@H]1OC(CO)[C@@H](O[C@@H]2OC(CO)[C@H](O)C(O)[C@@H]2O)[C@H](O)C1O)[C@H](N)C(=O)O. The Morgan fingerprint density at radius 1 is 0.900 bits per heavy atom. The van der Waals surface area contributed by atoms with E-state index in [2.05, 4.69) is 0 Å². The van der Waals surface area contributed by atoms with Crippen molar-refractivity contribution in [3.63, 3.8) is 0 Å². The molecule has 0 spiro atoms. The van der Waals surface area contributed by atoms with Crippen LogP contribution in [-0.4, -0.2) is 134 Å². The Bertz CT molecular complexity index is 563. The van der Waals surface area contributed by atoms with Crippen LogP contribution in [-0.2, 0) is 23.7 Å². The summed E-state index contributed by atoms with van der Waals surface area (Å²) in [5.41, 5.74) is 5.43. The number of hydrogen-bond acceptors (Lipinski definition) is 13. The molecule has 2 aliphatic rings. The minimum absolute atomic E-state index is 0.710. The van der Waals surface area contributed by atoms with Crippen LogP contribution < -0.4 is 5.73 Å². The number of nitrogens with two attached hydrogens (primary N) is 1. The maximum absolute atomic E-state index is 10.9. The van der Waals surface area contributed by atoms with Gasteiger partial charge in [0.05, 0.1) is 19.3 Å². The molecule has 30 heavy (non-hydrogen) atoms. The zero-order valence-electron chi connectivity index (χ0n) is 16.0. The van der Waals surface area contributed by atoms with Gasteiger partial charge in [-0.25, -0.2) is 0 Å². The predicted octanol–water partition coefficient (Wildman–Crippen LogP) is -5.57. The third-order valence-corrected chi connectivity index (χ3v) is 5.10. The van der Waals surface area contributed by atoms with Gasteiger partial charge in [-0.1, -0.05) is 0 Å². The summed E-state index contributed by atoms with van der Waals surface area (Å²) >= 11 is 0. The van der Waals surface area contributed by atoms with Gasteiger partial charge in [0.15, 0.2) is 12.6 Å². The zero-order chi connectivity index (χ0) is 22.7. The highest BCUT2D eigenvalue weighted by atomic mass is 16.7. The molecule has 10 N–H and O–H groups in total. The largest absolute Gasteiger partial charge is 0.480 e. The number of aliphatic carboxylic acids is 1. The molecule has 14 heteroatoms. The Balaban J connectivity index is 2.10. The van der Waals surface area contributed by atoms with Gasteiger partial charge in [0, 0.05) is 0 Å². The van der Waals surface area contributed by atoms with Crippen molar-refractivity contribution in [1.82, 2.24) is 0 Å². The summed E-state index contributed by atoms with van der Waals surface area (Å²) in [4.78, 5) is 10.9. The number of carbonyl (C=O) groups is 1. The Morgan fingerprint density at radius 2 is 1.43 bits per heavy atom.